The lowest BCUT2D eigenvalue weighted by Crippen LogP contribution is -2.22. The Hall–Kier alpha value is -1.33. The van der Waals surface area contributed by atoms with Crippen molar-refractivity contribution in [3.8, 4) is 0 Å². The molecule has 0 aliphatic heterocycles. The van der Waals surface area contributed by atoms with Gasteiger partial charge in [0.2, 0.25) is 0 Å². The van der Waals surface area contributed by atoms with Crippen molar-refractivity contribution in [2.45, 2.75) is 18.6 Å². The van der Waals surface area contributed by atoms with Crippen LogP contribution >= 0.6 is 15.9 Å². The highest BCUT2D eigenvalue weighted by Crippen LogP contribution is 2.35. The van der Waals surface area contributed by atoms with Crippen LogP contribution in [0.15, 0.2) is 53.0 Å². The van der Waals surface area contributed by atoms with E-state index in [2.05, 4.69) is 21.2 Å². The summed E-state index contributed by atoms with van der Waals surface area (Å²) < 4.78 is 40.3. The Balaban J connectivity index is 2.34. The first-order valence-electron chi connectivity index (χ1n) is 6.49. The maximum atomic E-state index is 13.1. The summed E-state index contributed by atoms with van der Waals surface area (Å²) in [6.07, 6.45) is -3.86. The molecule has 5 heteroatoms. The van der Waals surface area contributed by atoms with Crippen LogP contribution in [0.3, 0.4) is 0 Å². The Morgan fingerprint density at radius 2 is 1.81 bits per heavy atom. The Bertz CT molecular complexity index is 610. The summed E-state index contributed by atoms with van der Waals surface area (Å²) in [4.78, 5) is 0. The van der Waals surface area contributed by atoms with E-state index in [4.69, 9.17) is 0 Å². The van der Waals surface area contributed by atoms with Crippen LogP contribution in [0, 0.1) is 0 Å². The molecule has 2 rings (SSSR count). The van der Waals surface area contributed by atoms with Crippen LogP contribution in [0.25, 0.3) is 0 Å². The van der Waals surface area contributed by atoms with Crippen molar-refractivity contribution in [1.29, 1.82) is 0 Å². The lowest BCUT2D eigenvalue weighted by Gasteiger charge is -2.21. The lowest BCUT2D eigenvalue weighted by atomic mass is 9.94. The van der Waals surface area contributed by atoms with Gasteiger partial charge in [0, 0.05) is 10.5 Å². The molecule has 2 aromatic rings. The van der Waals surface area contributed by atoms with Crippen LogP contribution in [0.2, 0.25) is 0 Å². The molecular formula is C16H15BrF3N. The van der Waals surface area contributed by atoms with Crippen LogP contribution in [-0.2, 0) is 12.6 Å². The van der Waals surface area contributed by atoms with Crippen LogP contribution in [-0.4, -0.2) is 7.05 Å². The average Bonchev–Trinajstić information content (AvgIpc) is 2.44. The molecule has 112 valence electrons. The van der Waals surface area contributed by atoms with Gasteiger partial charge in [0.1, 0.15) is 0 Å². The van der Waals surface area contributed by atoms with E-state index in [-0.39, 0.29) is 5.56 Å². The summed E-state index contributed by atoms with van der Waals surface area (Å²) in [5.41, 5.74) is 0.660. The van der Waals surface area contributed by atoms with Crippen LogP contribution in [0.1, 0.15) is 22.7 Å². The minimum absolute atomic E-state index is 0.271. The Morgan fingerprint density at radius 3 is 2.43 bits per heavy atom. The maximum absolute atomic E-state index is 13.1. The minimum Gasteiger partial charge on any atom is -0.313 e. The van der Waals surface area contributed by atoms with Crippen molar-refractivity contribution in [1.82, 2.24) is 5.32 Å². The first-order chi connectivity index (χ1) is 9.91. The SMILES string of the molecule is CNC(Cc1cccc(Br)c1)c1ccccc1C(F)(F)F. The molecule has 1 nitrogen and oxygen atoms in total. The summed E-state index contributed by atoms with van der Waals surface area (Å²) >= 11 is 3.38. The third-order valence-electron chi connectivity index (χ3n) is 3.32. The molecule has 0 bridgehead atoms. The van der Waals surface area contributed by atoms with Gasteiger partial charge in [0.15, 0.2) is 0 Å². The summed E-state index contributed by atoms with van der Waals surface area (Å²) in [6, 6.07) is 12.9. The highest BCUT2D eigenvalue weighted by molar-refractivity contribution is 9.10. The van der Waals surface area contributed by atoms with Gasteiger partial charge in [-0.2, -0.15) is 13.2 Å². The fourth-order valence-corrected chi connectivity index (χ4v) is 2.77. The molecule has 0 saturated carbocycles. The fraction of sp³-hybridized carbons (Fsp3) is 0.250. The zero-order chi connectivity index (χ0) is 15.5. The highest BCUT2D eigenvalue weighted by atomic mass is 79.9. The molecular weight excluding hydrogens is 343 g/mol. The Labute approximate surface area is 130 Å². The second-order valence-corrected chi connectivity index (χ2v) is 5.68. The standard InChI is InChI=1S/C16H15BrF3N/c1-21-15(10-11-5-4-6-12(17)9-11)13-7-2-3-8-14(13)16(18,19)20/h2-9,15,21H,10H2,1H3. The number of halogens is 4. The van der Waals surface area contributed by atoms with Crippen molar-refractivity contribution >= 4 is 15.9 Å². The van der Waals surface area contributed by atoms with Gasteiger partial charge in [-0.25, -0.2) is 0 Å². The number of hydrogen-bond donors (Lipinski definition) is 1. The molecule has 0 aromatic heterocycles. The second kappa shape index (κ2) is 6.62. The molecule has 0 saturated heterocycles. The monoisotopic (exact) mass is 357 g/mol. The van der Waals surface area contributed by atoms with Crippen molar-refractivity contribution in [2.24, 2.45) is 0 Å². The Kier molecular flexibility index (Phi) is 5.06. The lowest BCUT2D eigenvalue weighted by molar-refractivity contribution is -0.138. The highest BCUT2D eigenvalue weighted by Gasteiger charge is 2.34. The van der Waals surface area contributed by atoms with Crippen LogP contribution in [0.5, 0.6) is 0 Å². The predicted octanol–water partition coefficient (Wildman–Crippen LogP) is 4.97. The largest absolute Gasteiger partial charge is 0.416 e. The number of hydrogen-bond acceptors (Lipinski definition) is 1. The zero-order valence-electron chi connectivity index (χ0n) is 11.4. The molecule has 1 unspecified atom stereocenters. The van der Waals surface area contributed by atoms with E-state index in [9.17, 15) is 13.2 Å². The van der Waals surface area contributed by atoms with E-state index in [0.717, 1.165) is 16.1 Å². The summed E-state index contributed by atoms with van der Waals surface area (Å²) in [5.74, 6) is 0. The van der Waals surface area contributed by atoms with Gasteiger partial charge in [0.25, 0.3) is 0 Å². The van der Waals surface area contributed by atoms with E-state index < -0.39 is 17.8 Å². The van der Waals surface area contributed by atoms with Gasteiger partial charge in [-0.3, -0.25) is 0 Å². The van der Waals surface area contributed by atoms with Crippen molar-refractivity contribution < 1.29 is 13.2 Å². The number of nitrogens with one attached hydrogen (secondary N) is 1. The summed E-state index contributed by atoms with van der Waals surface area (Å²) in [6.45, 7) is 0. The van der Waals surface area contributed by atoms with Gasteiger partial charge >= 0.3 is 6.18 Å². The van der Waals surface area contributed by atoms with Gasteiger partial charge in [-0.1, -0.05) is 46.3 Å². The quantitative estimate of drug-likeness (QED) is 0.814. The van der Waals surface area contributed by atoms with E-state index in [1.54, 1.807) is 13.1 Å². The maximum Gasteiger partial charge on any atom is 0.416 e. The van der Waals surface area contributed by atoms with Gasteiger partial charge in [0.05, 0.1) is 5.56 Å². The number of alkyl halides is 3. The van der Waals surface area contributed by atoms with Crippen molar-refractivity contribution in [3.63, 3.8) is 0 Å². The van der Waals surface area contributed by atoms with Gasteiger partial charge < -0.3 is 5.32 Å². The number of rotatable bonds is 4. The van der Waals surface area contributed by atoms with E-state index >= 15 is 0 Å². The van der Waals surface area contributed by atoms with Gasteiger partial charge in [-0.15, -0.1) is 0 Å². The molecule has 1 atom stereocenters. The van der Waals surface area contributed by atoms with E-state index in [1.807, 2.05) is 24.3 Å². The van der Waals surface area contributed by atoms with Gasteiger partial charge in [-0.05, 0) is 42.8 Å². The molecule has 0 aliphatic carbocycles. The molecule has 1 N–H and O–H groups in total. The third kappa shape index (κ3) is 4.08. The van der Waals surface area contributed by atoms with Crippen LogP contribution < -0.4 is 5.32 Å². The number of likely N-dealkylation sites (N-methyl/N-ethyl adjacent to an activating group) is 1. The summed E-state index contributed by atoms with van der Waals surface area (Å²) in [7, 11) is 1.68. The van der Waals surface area contributed by atoms with E-state index in [1.165, 1.54) is 12.1 Å². The minimum atomic E-state index is -4.34. The zero-order valence-corrected chi connectivity index (χ0v) is 13.0. The normalized spacial score (nSPS) is 13.2. The molecule has 0 fully saturated rings. The molecule has 0 amide bonds. The van der Waals surface area contributed by atoms with E-state index in [0.29, 0.717) is 6.42 Å². The first-order valence-corrected chi connectivity index (χ1v) is 7.29. The molecule has 21 heavy (non-hydrogen) atoms. The topological polar surface area (TPSA) is 12.0 Å². The molecule has 2 aromatic carbocycles. The molecule has 0 radical (unpaired) electrons. The molecule has 0 spiro atoms. The van der Waals surface area contributed by atoms with Crippen molar-refractivity contribution in [3.05, 3.63) is 69.7 Å². The Morgan fingerprint density at radius 1 is 1.10 bits per heavy atom. The average molecular weight is 358 g/mol. The smallest absolute Gasteiger partial charge is 0.313 e. The number of benzene rings is 2. The second-order valence-electron chi connectivity index (χ2n) is 4.76. The molecule has 0 aliphatic rings. The van der Waals surface area contributed by atoms with Crippen LogP contribution in [0.4, 0.5) is 13.2 Å². The third-order valence-corrected chi connectivity index (χ3v) is 3.81. The fourth-order valence-electron chi connectivity index (χ4n) is 2.33. The summed E-state index contributed by atoms with van der Waals surface area (Å²) in [5, 5.41) is 2.98. The van der Waals surface area contributed by atoms with Crippen molar-refractivity contribution in [2.75, 3.05) is 7.05 Å². The first kappa shape index (κ1) is 16.0. The molecule has 0 heterocycles. The predicted molar refractivity (Wildman–Crippen MR) is 81.1 cm³/mol.